The van der Waals surface area contributed by atoms with E-state index >= 15 is 0 Å². The smallest absolute Gasteiger partial charge is 0.351 e. The van der Waals surface area contributed by atoms with E-state index in [1.54, 1.807) is 24.3 Å². The first-order valence-electron chi connectivity index (χ1n) is 6.72. The molecule has 0 radical (unpaired) electrons. The molecule has 0 heterocycles. The second-order valence-corrected chi connectivity index (χ2v) is 4.81. The van der Waals surface area contributed by atoms with Crippen LogP contribution < -0.4 is 10.6 Å². The van der Waals surface area contributed by atoms with Crippen LogP contribution in [-0.2, 0) is 0 Å². The molecule has 6 heteroatoms. The number of nitrogens with zero attached hydrogens (tertiary/aromatic N) is 3. The normalized spacial score (nSPS) is 10.3. The summed E-state index contributed by atoms with van der Waals surface area (Å²) in [5.74, 6) is -0.121. The van der Waals surface area contributed by atoms with Gasteiger partial charge in [-0.25, -0.2) is 0 Å². The van der Waals surface area contributed by atoms with Crippen molar-refractivity contribution in [1.29, 1.82) is 5.39 Å². The molecule has 0 aliphatic carbocycles. The van der Waals surface area contributed by atoms with E-state index in [9.17, 15) is 4.79 Å². The molecule has 1 aromatic carbocycles. The van der Waals surface area contributed by atoms with E-state index in [2.05, 4.69) is 34.6 Å². The Bertz CT molecular complexity index is 450. The third-order valence-corrected chi connectivity index (χ3v) is 2.79. The average molecular weight is 276 g/mol. The van der Waals surface area contributed by atoms with Crippen molar-refractivity contribution in [1.82, 2.24) is 15.5 Å². The van der Waals surface area contributed by atoms with Crippen LogP contribution in [0.3, 0.4) is 0 Å². The highest BCUT2D eigenvalue weighted by Crippen LogP contribution is 2.12. The first kappa shape index (κ1) is 16.1. The summed E-state index contributed by atoms with van der Waals surface area (Å²) in [6.45, 7) is 3.35. The van der Waals surface area contributed by atoms with Gasteiger partial charge in [0, 0.05) is 30.8 Å². The quantitative estimate of drug-likeness (QED) is 0.557. The molecule has 2 N–H and O–H groups in total. The highest BCUT2D eigenvalue weighted by Gasteiger charge is 2.08. The van der Waals surface area contributed by atoms with Gasteiger partial charge in [-0.3, -0.25) is 4.79 Å². The minimum Gasteiger partial charge on any atom is -0.351 e. The Balaban J connectivity index is 2.15. The molecule has 108 valence electrons. The van der Waals surface area contributed by atoms with Gasteiger partial charge in [0.05, 0.1) is 0 Å². The number of benzene rings is 1. The molecule has 0 unspecified atom stereocenters. The molecule has 0 fully saturated rings. The monoisotopic (exact) mass is 276 g/mol. The van der Waals surface area contributed by atoms with Gasteiger partial charge in [0.1, 0.15) is 0 Å². The molecule has 6 nitrogen and oxygen atoms in total. The number of amides is 1. The molecule has 20 heavy (non-hydrogen) atoms. The molecule has 0 atom stereocenters. The Morgan fingerprint density at radius 2 is 1.90 bits per heavy atom. The van der Waals surface area contributed by atoms with Gasteiger partial charge in [-0.1, -0.05) is 0 Å². The minimum absolute atomic E-state index is 0.121. The topological polar surface area (TPSA) is 72.5 Å². The van der Waals surface area contributed by atoms with Crippen molar-refractivity contribution in [2.45, 2.75) is 6.42 Å². The number of diazo groups is 1. The second-order valence-electron chi connectivity index (χ2n) is 4.81. The molecule has 0 aromatic heterocycles. The zero-order chi connectivity index (χ0) is 14.8. The number of rotatable bonds is 8. The molecule has 1 amide bonds. The lowest BCUT2D eigenvalue weighted by molar-refractivity contribution is 0.0954. The van der Waals surface area contributed by atoms with Crippen molar-refractivity contribution in [2.75, 3.05) is 40.3 Å². The van der Waals surface area contributed by atoms with Crippen LogP contribution in [0.15, 0.2) is 24.3 Å². The maximum Gasteiger partial charge on any atom is 0.385 e. The largest absolute Gasteiger partial charge is 0.385 e. The third kappa shape index (κ3) is 6.27. The van der Waals surface area contributed by atoms with Crippen molar-refractivity contribution >= 4 is 11.6 Å². The average Bonchev–Trinajstić information content (AvgIpc) is 2.45. The lowest BCUT2D eigenvalue weighted by Crippen LogP contribution is -2.32. The summed E-state index contributed by atoms with van der Waals surface area (Å²) in [6, 6.07) is 6.45. The van der Waals surface area contributed by atoms with E-state index < -0.39 is 0 Å². The first-order valence-corrected chi connectivity index (χ1v) is 6.72. The Labute approximate surface area is 119 Å². The van der Waals surface area contributed by atoms with Gasteiger partial charge < -0.3 is 15.5 Å². The van der Waals surface area contributed by atoms with Gasteiger partial charge in [0.25, 0.3) is 5.91 Å². The number of carbonyl (C=O) groups is 1. The van der Waals surface area contributed by atoms with Crippen molar-refractivity contribution in [3.05, 3.63) is 34.8 Å². The molecule has 0 spiro atoms. The van der Waals surface area contributed by atoms with E-state index in [0.717, 1.165) is 26.1 Å². The highest BCUT2D eigenvalue weighted by molar-refractivity contribution is 5.94. The van der Waals surface area contributed by atoms with E-state index in [0.29, 0.717) is 17.8 Å². The predicted molar refractivity (Wildman–Crippen MR) is 79.6 cm³/mol. The highest BCUT2D eigenvalue weighted by atomic mass is 16.1. The van der Waals surface area contributed by atoms with E-state index in [1.165, 1.54) is 0 Å². The van der Waals surface area contributed by atoms with Crippen molar-refractivity contribution in [3.63, 3.8) is 0 Å². The summed E-state index contributed by atoms with van der Waals surface area (Å²) >= 11 is 0. The van der Waals surface area contributed by atoms with E-state index in [4.69, 9.17) is 5.39 Å². The zero-order valence-electron chi connectivity index (χ0n) is 12.1. The van der Waals surface area contributed by atoms with Gasteiger partial charge in [-0.05, 0) is 45.7 Å². The molecule has 1 rings (SSSR count). The Morgan fingerprint density at radius 3 is 2.50 bits per heavy atom. The van der Waals surface area contributed by atoms with Gasteiger partial charge in [0.15, 0.2) is 4.98 Å². The number of carbonyl (C=O) groups excluding carboxylic acids is 1. The summed E-state index contributed by atoms with van der Waals surface area (Å²) in [5, 5.41) is 14.7. The molecule has 0 saturated heterocycles. The summed E-state index contributed by atoms with van der Waals surface area (Å²) < 4.78 is 0. The van der Waals surface area contributed by atoms with Crippen LogP contribution >= 0.6 is 0 Å². The lowest BCUT2D eigenvalue weighted by atomic mass is 10.2. The van der Waals surface area contributed by atoms with Crippen molar-refractivity contribution < 1.29 is 4.79 Å². The third-order valence-electron chi connectivity index (χ3n) is 2.79. The van der Waals surface area contributed by atoms with E-state index in [1.807, 2.05) is 0 Å². The Kier molecular flexibility index (Phi) is 7.25. The van der Waals surface area contributed by atoms with Crippen LogP contribution in [0.1, 0.15) is 16.8 Å². The summed E-state index contributed by atoms with van der Waals surface area (Å²) in [7, 11) is 4.10. The maximum atomic E-state index is 11.8. The second kappa shape index (κ2) is 9.02. The standard InChI is InChI=1S/C14H21N5O/c1-19(2)11-3-8-16-9-10-17-14(20)12-4-6-13(18-15)7-5-12/h4-7,16H,3,8-11H2,1-2H3/p+1. The van der Waals surface area contributed by atoms with Crippen LogP contribution in [0.2, 0.25) is 0 Å². The zero-order valence-corrected chi connectivity index (χ0v) is 12.1. The number of nitrogens with one attached hydrogen (secondary N) is 2. The fraction of sp³-hybridized carbons (Fsp3) is 0.500. The van der Waals surface area contributed by atoms with Gasteiger partial charge >= 0.3 is 5.69 Å². The molecule has 0 saturated carbocycles. The molecular formula is C14H22N5O+. The number of hydrogen-bond donors (Lipinski definition) is 2. The fourth-order valence-electron chi connectivity index (χ4n) is 1.69. The van der Waals surface area contributed by atoms with Crippen molar-refractivity contribution in [3.8, 4) is 0 Å². The molecule has 0 aliphatic rings. The molecule has 0 aliphatic heterocycles. The summed E-state index contributed by atoms with van der Waals surface area (Å²) in [6.07, 6.45) is 1.09. The van der Waals surface area contributed by atoms with Crippen LogP contribution in [0.5, 0.6) is 0 Å². The SMILES string of the molecule is CN(C)CCCNCCNC(=O)c1ccc([N+]#N)cc1. The molecular weight excluding hydrogens is 254 g/mol. The van der Waals surface area contributed by atoms with Crippen molar-refractivity contribution in [2.24, 2.45) is 0 Å². The van der Waals surface area contributed by atoms with Crippen LogP contribution in [0.4, 0.5) is 5.69 Å². The Morgan fingerprint density at radius 1 is 1.20 bits per heavy atom. The maximum absolute atomic E-state index is 11.8. The Hall–Kier alpha value is -1.97. The number of hydrogen-bond acceptors (Lipinski definition) is 4. The lowest BCUT2D eigenvalue weighted by Gasteiger charge is -2.10. The molecule has 1 aromatic rings. The van der Waals surface area contributed by atoms with Crippen LogP contribution in [-0.4, -0.2) is 51.1 Å². The minimum atomic E-state index is -0.121. The van der Waals surface area contributed by atoms with Gasteiger partial charge in [0.2, 0.25) is 5.39 Å². The fourth-order valence-corrected chi connectivity index (χ4v) is 1.69. The first-order chi connectivity index (χ1) is 9.63. The van der Waals surface area contributed by atoms with Gasteiger partial charge in [-0.15, -0.1) is 0 Å². The summed E-state index contributed by atoms with van der Waals surface area (Å²) in [5.41, 5.74) is 0.995. The predicted octanol–water partition coefficient (Wildman–Crippen LogP) is 1.44. The van der Waals surface area contributed by atoms with E-state index in [-0.39, 0.29) is 5.91 Å². The van der Waals surface area contributed by atoms with Crippen LogP contribution in [0.25, 0.3) is 4.98 Å². The summed E-state index contributed by atoms with van der Waals surface area (Å²) in [4.78, 5) is 17.0. The molecule has 0 bridgehead atoms. The van der Waals surface area contributed by atoms with Gasteiger partial charge in [-0.2, -0.15) is 0 Å². The van der Waals surface area contributed by atoms with Crippen LogP contribution in [0, 0.1) is 5.39 Å².